The monoisotopic (exact) mass is 356 g/mol. The van der Waals surface area contributed by atoms with Crippen molar-refractivity contribution < 1.29 is 4.79 Å². The minimum Gasteiger partial charge on any atom is -0.411 e. The molecule has 0 saturated heterocycles. The number of carbonyl (C=O) groups excluding carboxylic acids is 1. The van der Waals surface area contributed by atoms with E-state index in [9.17, 15) is 4.79 Å². The number of rotatable bonds is 6. The van der Waals surface area contributed by atoms with Gasteiger partial charge in [0, 0.05) is 22.5 Å². The van der Waals surface area contributed by atoms with Gasteiger partial charge in [-0.15, -0.1) is 0 Å². The van der Waals surface area contributed by atoms with Gasteiger partial charge in [-0.05, 0) is 36.4 Å². The summed E-state index contributed by atoms with van der Waals surface area (Å²) < 4.78 is 0. The summed E-state index contributed by atoms with van der Waals surface area (Å²) in [6.07, 6.45) is 0. The van der Waals surface area contributed by atoms with Gasteiger partial charge in [-0.2, -0.15) is 0 Å². The molecular weight excluding hydrogens is 328 g/mol. The van der Waals surface area contributed by atoms with Crippen LogP contribution in [-0.2, 0) is 0 Å². The summed E-state index contributed by atoms with van der Waals surface area (Å²) in [6.45, 7) is 13.5. The zero-order chi connectivity index (χ0) is 18.0. The Bertz CT molecular complexity index is 713. The third-order valence-corrected chi connectivity index (χ3v) is 5.39. The number of hydrogen-bond acceptors (Lipinski definition) is 3. The predicted octanol–water partition coefficient (Wildman–Crippen LogP) is 5.41. The van der Waals surface area contributed by atoms with E-state index in [0.29, 0.717) is 0 Å². The van der Waals surface area contributed by atoms with Gasteiger partial charge in [-0.1, -0.05) is 51.4 Å². The Kier molecular flexibility index (Phi) is 5.35. The average Bonchev–Trinajstić information content (AvgIpc) is 2.44. The number of nitrogens with one attached hydrogen (secondary N) is 2. The van der Waals surface area contributed by atoms with E-state index < -0.39 is 16.5 Å². The van der Waals surface area contributed by atoms with Crippen LogP contribution in [0.15, 0.2) is 48.5 Å². The normalized spacial score (nSPS) is 11.9. The highest BCUT2D eigenvalue weighted by atomic mass is 28.3. The number of anilines is 2. The molecule has 24 heavy (non-hydrogen) atoms. The molecule has 3 nitrogen and oxygen atoms in total. The molecule has 0 saturated carbocycles. The summed E-state index contributed by atoms with van der Waals surface area (Å²) in [5, 5.41) is 0. The Balaban J connectivity index is 2.18. The third-order valence-electron chi connectivity index (χ3n) is 3.31. The van der Waals surface area contributed by atoms with Crippen LogP contribution in [-0.4, -0.2) is 22.3 Å². The van der Waals surface area contributed by atoms with Crippen LogP contribution in [0.4, 0.5) is 11.4 Å². The molecular formula is C19H28N2OSi2. The van der Waals surface area contributed by atoms with Gasteiger partial charge in [-0.3, -0.25) is 4.79 Å². The molecule has 2 N–H and O–H groups in total. The largest absolute Gasteiger partial charge is 0.411 e. The molecule has 0 spiro atoms. The first-order valence-corrected chi connectivity index (χ1v) is 15.3. The van der Waals surface area contributed by atoms with Crippen LogP contribution in [0.1, 0.15) is 15.9 Å². The van der Waals surface area contributed by atoms with E-state index in [2.05, 4.69) is 49.2 Å². The van der Waals surface area contributed by atoms with Crippen LogP contribution in [0.5, 0.6) is 0 Å². The second-order valence-electron chi connectivity index (χ2n) is 8.24. The first-order chi connectivity index (χ1) is 11.0. The Morgan fingerprint density at radius 2 is 1.25 bits per heavy atom. The summed E-state index contributed by atoms with van der Waals surface area (Å²) >= 11 is 0. The van der Waals surface area contributed by atoms with Gasteiger partial charge >= 0.3 is 0 Å². The molecule has 2 aromatic rings. The van der Waals surface area contributed by atoms with Crippen LogP contribution in [0, 0.1) is 0 Å². The van der Waals surface area contributed by atoms with Crippen molar-refractivity contribution in [3.05, 3.63) is 59.7 Å². The number of benzene rings is 2. The van der Waals surface area contributed by atoms with E-state index in [1.165, 1.54) is 0 Å². The molecule has 0 aliphatic rings. The lowest BCUT2D eigenvalue weighted by atomic mass is 10.0. The van der Waals surface area contributed by atoms with E-state index in [4.69, 9.17) is 0 Å². The van der Waals surface area contributed by atoms with E-state index in [-0.39, 0.29) is 5.78 Å². The zero-order valence-electron chi connectivity index (χ0n) is 15.5. The first kappa shape index (κ1) is 18.5. The van der Waals surface area contributed by atoms with Gasteiger partial charge in [0.1, 0.15) is 16.5 Å². The second kappa shape index (κ2) is 6.95. The quantitative estimate of drug-likeness (QED) is 0.537. The van der Waals surface area contributed by atoms with Gasteiger partial charge in [-0.25, -0.2) is 0 Å². The van der Waals surface area contributed by atoms with Crippen molar-refractivity contribution in [2.75, 3.05) is 9.96 Å². The van der Waals surface area contributed by atoms with Crippen LogP contribution >= 0.6 is 0 Å². The number of hydrogen-bond donors (Lipinski definition) is 2. The van der Waals surface area contributed by atoms with Crippen molar-refractivity contribution in [1.29, 1.82) is 0 Å². The summed E-state index contributed by atoms with van der Waals surface area (Å²) in [6, 6.07) is 15.6. The fourth-order valence-electron chi connectivity index (χ4n) is 2.48. The Morgan fingerprint density at radius 1 is 0.708 bits per heavy atom. The highest BCUT2D eigenvalue weighted by Gasteiger charge is 2.16. The number of carbonyl (C=O) groups is 1. The molecule has 2 aromatic carbocycles. The van der Waals surface area contributed by atoms with Crippen LogP contribution < -0.4 is 9.96 Å². The van der Waals surface area contributed by atoms with E-state index in [1.807, 2.05) is 48.5 Å². The summed E-state index contributed by atoms with van der Waals surface area (Å²) in [7, 11) is -2.81. The summed E-state index contributed by atoms with van der Waals surface area (Å²) in [5.41, 5.74) is 3.56. The van der Waals surface area contributed by atoms with Crippen molar-refractivity contribution in [3.8, 4) is 0 Å². The molecule has 0 radical (unpaired) electrons. The molecule has 5 heteroatoms. The van der Waals surface area contributed by atoms with E-state index in [0.717, 1.165) is 22.5 Å². The van der Waals surface area contributed by atoms with Crippen molar-refractivity contribution in [1.82, 2.24) is 0 Å². The molecule has 0 bridgehead atoms. The zero-order valence-corrected chi connectivity index (χ0v) is 17.5. The van der Waals surface area contributed by atoms with Gasteiger partial charge in [0.15, 0.2) is 5.78 Å². The van der Waals surface area contributed by atoms with Crippen molar-refractivity contribution in [2.24, 2.45) is 0 Å². The molecule has 0 aromatic heterocycles. The van der Waals surface area contributed by atoms with E-state index >= 15 is 0 Å². The smallest absolute Gasteiger partial charge is 0.193 e. The maximum atomic E-state index is 12.7. The third kappa shape index (κ3) is 5.65. The second-order valence-corrected chi connectivity index (χ2v) is 17.7. The predicted molar refractivity (Wildman–Crippen MR) is 110 cm³/mol. The highest BCUT2D eigenvalue weighted by Crippen LogP contribution is 2.19. The molecule has 0 aliphatic carbocycles. The molecule has 2 rings (SSSR count). The van der Waals surface area contributed by atoms with Crippen molar-refractivity contribution >= 4 is 33.6 Å². The van der Waals surface area contributed by atoms with Gasteiger partial charge in [0.05, 0.1) is 0 Å². The minimum atomic E-state index is -1.43. The Morgan fingerprint density at radius 3 is 1.79 bits per heavy atom. The first-order valence-electron chi connectivity index (χ1n) is 8.35. The lowest BCUT2D eigenvalue weighted by Crippen LogP contribution is -2.32. The molecule has 0 unspecified atom stereocenters. The topological polar surface area (TPSA) is 41.1 Å². The van der Waals surface area contributed by atoms with Crippen LogP contribution in [0.2, 0.25) is 39.3 Å². The Hall–Kier alpha value is -1.86. The van der Waals surface area contributed by atoms with E-state index in [1.54, 1.807) is 0 Å². The fourth-order valence-corrected chi connectivity index (χ4v) is 4.53. The molecule has 0 fully saturated rings. The molecule has 0 aliphatic heterocycles. The SMILES string of the molecule is C[Si](C)(C)Nc1ccc(C(=O)c2cccc(N[Si](C)(C)C)c2)cc1. The minimum absolute atomic E-state index is 0.0637. The van der Waals surface area contributed by atoms with Gasteiger partial charge in [0.2, 0.25) is 0 Å². The molecule has 0 atom stereocenters. The number of ketones is 1. The molecule has 128 valence electrons. The molecule has 0 amide bonds. The Labute approximate surface area is 147 Å². The summed E-state index contributed by atoms with van der Waals surface area (Å²) in [4.78, 5) is 19.8. The maximum Gasteiger partial charge on any atom is 0.193 e. The lowest BCUT2D eigenvalue weighted by molar-refractivity contribution is 0.103. The average molecular weight is 357 g/mol. The van der Waals surface area contributed by atoms with Crippen LogP contribution in [0.25, 0.3) is 0 Å². The fraction of sp³-hybridized carbons (Fsp3) is 0.316. The molecule has 0 heterocycles. The highest BCUT2D eigenvalue weighted by molar-refractivity contribution is 6.79. The summed E-state index contributed by atoms with van der Waals surface area (Å²) in [5.74, 6) is 0.0637. The van der Waals surface area contributed by atoms with Gasteiger partial charge in [0.25, 0.3) is 0 Å². The van der Waals surface area contributed by atoms with Crippen molar-refractivity contribution in [2.45, 2.75) is 39.3 Å². The van der Waals surface area contributed by atoms with Crippen molar-refractivity contribution in [3.63, 3.8) is 0 Å². The van der Waals surface area contributed by atoms with Gasteiger partial charge < -0.3 is 9.96 Å². The lowest BCUT2D eigenvalue weighted by Gasteiger charge is -2.20. The van der Waals surface area contributed by atoms with Crippen LogP contribution in [0.3, 0.4) is 0 Å². The standard InChI is InChI=1S/C19H28N2OSi2/c1-23(2,3)20-17-12-10-15(11-13-17)19(22)16-8-7-9-18(14-16)21-24(4,5)6/h7-14,20-21H,1-6H3. The maximum absolute atomic E-state index is 12.7.